The highest BCUT2D eigenvalue weighted by Crippen LogP contribution is 2.08. The van der Waals surface area contributed by atoms with Gasteiger partial charge in [-0.25, -0.2) is 0 Å². The Morgan fingerprint density at radius 2 is 2.09 bits per heavy atom. The fourth-order valence-corrected chi connectivity index (χ4v) is 0.552. The Hall–Kier alpha value is -0.650. The van der Waals surface area contributed by atoms with Crippen molar-refractivity contribution in [3.8, 4) is 0 Å². The molecule has 5 nitrogen and oxygen atoms in total. The molecule has 0 saturated carbocycles. The lowest BCUT2D eigenvalue weighted by molar-refractivity contribution is -0.153. The van der Waals surface area contributed by atoms with Crippen LogP contribution in [0, 0.1) is 0 Å². The number of nitrogens with two attached hydrogens (primary N) is 1. The van der Waals surface area contributed by atoms with Crippen LogP contribution in [0.25, 0.3) is 0 Å². The Bertz CT molecular complexity index is 140. The van der Waals surface area contributed by atoms with E-state index in [2.05, 4.69) is 0 Å². The molecule has 0 aromatic carbocycles. The minimum atomic E-state index is -1.83. The normalized spacial score (nSPS) is 14.5. The van der Waals surface area contributed by atoms with Crippen molar-refractivity contribution in [2.75, 3.05) is 0 Å². The monoisotopic (exact) mass is 163 g/mol. The van der Waals surface area contributed by atoms with Gasteiger partial charge in [-0.3, -0.25) is 4.79 Å². The molecule has 0 aliphatic carbocycles. The van der Waals surface area contributed by atoms with Gasteiger partial charge in [-0.05, 0) is 13.3 Å². The van der Waals surface area contributed by atoms with Crippen LogP contribution in [0.1, 0.15) is 19.8 Å². The Labute approximate surface area is 64.4 Å². The summed E-state index contributed by atoms with van der Waals surface area (Å²) < 4.78 is 0. The first-order valence-electron chi connectivity index (χ1n) is 3.26. The minimum absolute atomic E-state index is 0.0412. The van der Waals surface area contributed by atoms with Crippen molar-refractivity contribution in [3.05, 3.63) is 0 Å². The lowest BCUT2D eigenvalue weighted by Gasteiger charge is -2.16. The van der Waals surface area contributed by atoms with Crippen LogP contribution >= 0.6 is 0 Å². The Balaban J connectivity index is 3.63. The summed E-state index contributed by atoms with van der Waals surface area (Å²) in [5.74, 6) is -2.96. The van der Waals surface area contributed by atoms with E-state index in [1.807, 2.05) is 0 Å². The zero-order valence-electron chi connectivity index (χ0n) is 6.32. The number of carboxylic acids is 1. The van der Waals surface area contributed by atoms with Crippen LogP contribution < -0.4 is 5.73 Å². The molecule has 5 heteroatoms. The smallest absolute Gasteiger partial charge is 0.320 e. The van der Waals surface area contributed by atoms with E-state index >= 15 is 0 Å². The Morgan fingerprint density at radius 3 is 2.36 bits per heavy atom. The van der Waals surface area contributed by atoms with Crippen LogP contribution in [0.2, 0.25) is 0 Å². The molecule has 66 valence electrons. The molecule has 1 atom stereocenters. The maximum absolute atomic E-state index is 10.1. The summed E-state index contributed by atoms with van der Waals surface area (Å²) in [4.78, 5) is 10.1. The van der Waals surface area contributed by atoms with Gasteiger partial charge in [0.05, 0.1) is 0 Å². The van der Waals surface area contributed by atoms with Gasteiger partial charge in [-0.15, -0.1) is 0 Å². The second-order valence-electron chi connectivity index (χ2n) is 2.70. The molecule has 0 aliphatic rings. The molecule has 0 unspecified atom stereocenters. The third kappa shape index (κ3) is 5.78. The van der Waals surface area contributed by atoms with Gasteiger partial charge in [-0.2, -0.15) is 0 Å². The number of aliphatic hydroxyl groups is 2. The predicted octanol–water partition coefficient (Wildman–Crippen LogP) is -1.12. The molecule has 5 N–H and O–H groups in total. The van der Waals surface area contributed by atoms with Crippen molar-refractivity contribution < 1.29 is 20.1 Å². The third-order valence-corrected chi connectivity index (χ3v) is 1.25. The molecule has 0 aromatic rings. The second-order valence-corrected chi connectivity index (χ2v) is 2.70. The summed E-state index contributed by atoms with van der Waals surface area (Å²) in [6.07, 6.45) is 0.0132. The number of rotatable bonds is 4. The third-order valence-electron chi connectivity index (χ3n) is 1.25. The van der Waals surface area contributed by atoms with Gasteiger partial charge in [0.2, 0.25) is 0 Å². The van der Waals surface area contributed by atoms with Gasteiger partial charge in [0.15, 0.2) is 5.79 Å². The summed E-state index contributed by atoms with van der Waals surface area (Å²) in [5.41, 5.74) is 5.10. The maximum Gasteiger partial charge on any atom is 0.320 e. The van der Waals surface area contributed by atoms with E-state index < -0.39 is 17.8 Å². The molecule has 0 aliphatic heterocycles. The average molecular weight is 163 g/mol. The lowest BCUT2D eigenvalue weighted by Crippen LogP contribution is -2.33. The fraction of sp³-hybridized carbons (Fsp3) is 0.833. The Kier molecular flexibility index (Phi) is 3.44. The lowest BCUT2D eigenvalue weighted by atomic mass is 10.1. The van der Waals surface area contributed by atoms with Crippen LogP contribution in [-0.4, -0.2) is 33.1 Å². The van der Waals surface area contributed by atoms with Crippen LogP contribution in [0.5, 0.6) is 0 Å². The zero-order valence-corrected chi connectivity index (χ0v) is 6.32. The molecule has 0 spiro atoms. The summed E-state index contributed by atoms with van der Waals surface area (Å²) >= 11 is 0. The second kappa shape index (κ2) is 3.66. The first kappa shape index (κ1) is 10.3. The van der Waals surface area contributed by atoms with E-state index in [-0.39, 0.29) is 12.8 Å². The predicted molar refractivity (Wildman–Crippen MR) is 37.7 cm³/mol. The topological polar surface area (TPSA) is 104 Å². The molecule has 0 saturated heterocycles. The largest absolute Gasteiger partial charge is 0.480 e. The number of hydrogen-bond donors (Lipinski definition) is 4. The molecule has 0 amide bonds. The van der Waals surface area contributed by atoms with Crippen LogP contribution in [0.3, 0.4) is 0 Å². The SMILES string of the molecule is CC(O)(O)CC[C@H](N)C(=O)O. The molecule has 0 aromatic heterocycles. The number of carbonyl (C=O) groups is 1. The van der Waals surface area contributed by atoms with E-state index in [0.29, 0.717) is 0 Å². The van der Waals surface area contributed by atoms with Gasteiger partial charge < -0.3 is 21.1 Å². The van der Waals surface area contributed by atoms with Crippen molar-refractivity contribution in [1.29, 1.82) is 0 Å². The van der Waals surface area contributed by atoms with Gasteiger partial charge in [0, 0.05) is 6.42 Å². The van der Waals surface area contributed by atoms with Crippen LogP contribution in [0.4, 0.5) is 0 Å². The summed E-state index contributed by atoms with van der Waals surface area (Å²) in [6, 6.07) is -1.02. The standard InChI is InChI=1S/C6H13NO4/c1-6(10,11)3-2-4(7)5(8)9/h4,10-11H,2-3,7H2,1H3,(H,8,9)/t4-/m0/s1. The van der Waals surface area contributed by atoms with Gasteiger partial charge in [0.1, 0.15) is 6.04 Å². The van der Waals surface area contributed by atoms with E-state index in [1.165, 1.54) is 6.92 Å². The van der Waals surface area contributed by atoms with Crippen molar-refractivity contribution in [2.24, 2.45) is 5.73 Å². The summed E-state index contributed by atoms with van der Waals surface area (Å²) in [6.45, 7) is 1.18. The van der Waals surface area contributed by atoms with Gasteiger partial charge in [-0.1, -0.05) is 0 Å². The van der Waals surface area contributed by atoms with E-state index in [9.17, 15) is 4.79 Å². The molecule has 0 fully saturated rings. The molecular formula is C6H13NO4. The number of aliphatic carboxylic acids is 1. The molecule has 0 rings (SSSR count). The molecule has 11 heavy (non-hydrogen) atoms. The highest BCUT2D eigenvalue weighted by molar-refractivity contribution is 5.72. The molecule has 0 bridgehead atoms. The van der Waals surface area contributed by atoms with Crippen LogP contribution in [-0.2, 0) is 4.79 Å². The minimum Gasteiger partial charge on any atom is -0.480 e. The molecular weight excluding hydrogens is 150 g/mol. The summed E-state index contributed by atoms with van der Waals surface area (Å²) in [5, 5.41) is 25.8. The maximum atomic E-state index is 10.1. The molecule has 0 radical (unpaired) electrons. The van der Waals surface area contributed by atoms with Crippen molar-refractivity contribution >= 4 is 5.97 Å². The van der Waals surface area contributed by atoms with Gasteiger partial charge in [0.25, 0.3) is 0 Å². The highest BCUT2D eigenvalue weighted by Gasteiger charge is 2.19. The number of hydrogen-bond acceptors (Lipinski definition) is 4. The van der Waals surface area contributed by atoms with E-state index in [0.717, 1.165) is 0 Å². The van der Waals surface area contributed by atoms with Crippen molar-refractivity contribution in [3.63, 3.8) is 0 Å². The first-order valence-corrected chi connectivity index (χ1v) is 3.26. The summed E-state index contributed by atoms with van der Waals surface area (Å²) in [7, 11) is 0. The van der Waals surface area contributed by atoms with Crippen molar-refractivity contribution in [1.82, 2.24) is 0 Å². The zero-order chi connectivity index (χ0) is 9.07. The average Bonchev–Trinajstić information content (AvgIpc) is 1.80. The number of carboxylic acid groups (broad SMARTS) is 1. The van der Waals surface area contributed by atoms with Gasteiger partial charge >= 0.3 is 5.97 Å². The first-order chi connectivity index (χ1) is 4.83. The van der Waals surface area contributed by atoms with Crippen molar-refractivity contribution in [2.45, 2.75) is 31.6 Å². The van der Waals surface area contributed by atoms with Crippen LogP contribution in [0.15, 0.2) is 0 Å². The fourth-order valence-electron chi connectivity index (χ4n) is 0.552. The molecule has 0 heterocycles. The Morgan fingerprint density at radius 1 is 1.64 bits per heavy atom. The highest BCUT2D eigenvalue weighted by atomic mass is 16.5. The van der Waals surface area contributed by atoms with E-state index in [4.69, 9.17) is 21.1 Å². The van der Waals surface area contributed by atoms with E-state index in [1.54, 1.807) is 0 Å². The quantitative estimate of drug-likeness (QED) is 0.393.